The molecule has 114 valence electrons. The number of amides is 1. The van der Waals surface area contributed by atoms with Crippen molar-refractivity contribution in [1.82, 2.24) is 4.90 Å². The van der Waals surface area contributed by atoms with Crippen molar-refractivity contribution in [3.8, 4) is 0 Å². The first-order chi connectivity index (χ1) is 9.20. The van der Waals surface area contributed by atoms with E-state index in [2.05, 4.69) is 0 Å². The highest BCUT2D eigenvalue weighted by molar-refractivity contribution is 6.38. The fraction of sp³-hybridized carbons (Fsp3) is 0.786. The zero-order chi connectivity index (χ0) is 15.5. The van der Waals surface area contributed by atoms with Crippen LogP contribution >= 0.6 is 0 Å². The first-order valence-corrected chi connectivity index (χ1v) is 6.97. The molecule has 0 spiro atoms. The van der Waals surface area contributed by atoms with Crippen LogP contribution in [0.3, 0.4) is 0 Å². The standard InChI is InChI=1S/C14H23NO5/c1-4-14(2,3)11(17)12(18)15-7-5-6-9(15)8-10(16)13(19)20/h9-10,16H,4-8H2,1-3H3,(H,19,20). The molecular formula is C14H23NO5. The molecule has 0 aromatic rings. The number of hydrogen-bond acceptors (Lipinski definition) is 4. The predicted octanol–water partition coefficient (Wildman–Crippen LogP) is 0.818. The summed E-state index contributed by atoms with van der Waals surface area (Å²) in [4.78, 5) is 36.5. The van der Waals surface area contributed by atoms with E-state index in [-0.39, 0.29) is 12.5 Å². The van der Waals surface area contributed by atoms with E-state index >= 15 is 0 Å². The Morgan fingerprint density at radius 1 is 1.35 bits per heavy atom. The van der Waals surface area contributed by atoms with Gasteiger partial charge in [-0.25, -0.2) is 4.79 Å². The van der Waals surface area contributed by atoms with Gasteiger partial charge in [-0.05, 0) is 19.3 Å². The maximum Gasteiger partial charge on any atom is 0.332 e. The molecule has 6 nitrogen and oxygen atoms in total. The van der Waals surface area contributed by atoms with Crippen LogP contribution in [-0.4, -0.2) is 51.5 Å². The number of nitrogens with zero attached hydrogens (tertiary/aromatic N) is 1. The SMILES string of the molecule is CCC(C)(C)C(=O)C(=O)N1CCCC1CC(O)C(=O)O. The molecule has 2 atom stereocenters. The molecule has 2 N–H and O–H groups in total. The third kappa shape index (κ3) is 3.56. The number of aliphatic carboxylic acids is 1. The van der Waals surface area contributed by atoms with Crippen LogP contribution in [0.1, 0.15) is 46.5 Å². The summed E-state index contributed by atoms with van der Waals surface area (Å²) in [6.07, 6.45) is 0.385. The van der Waals surface area contributed by atoms with Crippen molar-refractivity contribution in [3.63, 3.8) is 0 Å². The third-order valence-electron chi connectivity index (χ3n) is 4.11. The van der Waals surface area contributed by atoms with Gasteiger partial charge in [-0.1, -0.05) is 20.8 Å². The molecule has 0 bridgehead atoms. The predicted molar refractivity (Wildman–Crippen MR) is 72.1 cm³/mol. The molecule has 20 heavy (non-hydrogen) atoms. The monoisotopic (exact) mass is 285 g/mol. The van der Waals surface area contributed by atoms with Crippen molar-refractivity contribution in [2.75, 3.05) is 6.54 Å². The van der Waals surface area contributed by atoms with Crippen LogP contribution < -0.4 is 0 Å². The van der Waals surface area contributed by atoms with Crippen LogP contribution in [0.25, 0.3) is 0 Å². The number of rotatable bonds is 6. The number of carbonyl (C=O) groups is 3. The Bertz CT molecular complexity index is 404. The van der Waals surface area contributed by atoms with Crippen LogP contribution in [0.4, 0.5) is 0 Å². The highest BCUT2D eigenvalue weighted by atomic mass is 16.4. The Balaban J connectivity index is 2.76. The summed E-state index contributed by atoms with van der Waals surface area (Å²) in [5.74, 6) is -2.31. The molecule has 1 rings (SSSR count). The van der Waals surface area contributed by atoms with E-state index in [0.29, 0.717) is 19.4 Å². The highest BCUT2D eigenvalue weighted by Gasteiger charge is 2.39. The number of Topliss-reactive ketones (excluding diaryl/α,β-unsaturated/α-hetero) is 1. The molecule has 1 heterocycles. The Labute approximate surface area is 118 Å². The van der Waals surface area contributed by atoms with E-state index in [4.69, 9.17) is 5.11 Å². The number of carboxylic acids is 1. The van der Waals surface area contributed by atoms with E-state index in [0.717, 1.165) is 6.42 Å². The molecule has 1 saturated heterocycles. The lowest BCUT2D eigenvalue weighted by Gasteiger charge is -2.28. The molecule has 2 unspecified atom stereocenters. The van der Waals surface area contributed by atoms with Crippen molar-refractivity contribution < 1.29 is 24.6 Å². The van der Waals surface area contributed by atoms with Gasteiger partial charge >= 0.3 is 5.97 Å². The molecular weight excluding hydrogens is 262 g/mol. The second-order valence-corrected chi connectivity index (χ2v) is 5.95. The van der Waals surface area contributed by atoms with E-state index in [1.807, 2.05) is 6.92 Å². The van der Waals surface area contributed by atoms with Crippen molar-refractivity contribution in [1.29, 1.82) is 0 Å². The van der Waals surface area contributed by atoms with Crippen molar-refractivity contribution >= 4 is 17.7 Å². The topological polar surface area (TPSA) is 94.9 Å². The van der Waals surface area contributed by atoms with E-state index < -0.39 is 29.2 Å². The number of ketones is 1. The van der Waals surface area contributed by atoms with Crippen molar-refractivity contribution in [3.05, 3.63) is 0 Å². The molecule has 6 heteroatoms. The lowest BCUT2D eigenvalue weighted by Crippen LogP contribution is -2.46. The van der Waals surface area contributed by atoms with Gasteiger partial charge in [0.1, 0.15) is 0 Å². The van der Waals surface area contributed by atoms with Gasteiger partial charge in [0, 0.05) is 24.4 Å². The largest absolute Gasteiger partial charge is 0.479 e. The molecule has 0 aromatic heterocycles. The number of carbonyl (C=O) groups excluding carboxylic acids is 2. The molecule has 0 aromatic carbocycles. The van der Waals surface area contributed by atoms with Gasteiger partial charge in [-0.15, -0.1) is 0 Å². The van der Waals surface area contributed by atoms with Crippen LogP contribution in [0.15, 0.2) is 0 Å². The Morgan fingerprint density at radius 3 is 2.45 bits per heavy atom. The van der Waals surface area contributed by atoms with Crippen LogP contribution in [-0.2, 0) is 14.4 Å². The lowest BCUT2D eigenvalue weighted by atomic mass is 9.84. The van der Waals surface area contributed by atoms with Crippen LogP contribution in [0, 0.1) is 5.41 Å². The highest BCUT2D eigenvalue weighted by Crippen LogP contribution is 2.27. The average Bonchev–Trinajstić information content (AvgIpc) is 2.84. The van der Waals surface area contributed by atoms with Crippen LogP contribution in [0.5, 0.6) is 0 Å². The second-order valence-electron chi connectivity index (χ2n) is 5.95. The molecule has 0 saturated carbocycles. The summed E-state index contributed by atoms with van der Waals surface area (Å²) in [7, 11) is 0. The Morgan fingerprint density at radius 2 is 1.95 bits per heavy atom. The summed E-state index contributed by atoms with van der Waals surface area (Å²) >= 11 is 0. The minimum absolute atomic E-state index is 0.0269. The van der Waals surface area contributed by atoms with Gasteiger partial charge in [0.15, 0.2) is 6.10 Å². The third-order valence-corrected chi connectivity index (χ3v) is 4.11. The first kappa shape index (κ1) is 16.6. The lowest BCUT2D eigenvalue weighted by molar-refractivity contribution is -0.152. The van der Waals surface area contributed by atoms with Crippen molar-refractivity contribution in [2.45, 2.75) is 58.6 Å². The second kappa shape index (κ2) is 6.35. The summed E-state index contributed by atoms with van der Waals surface area (Å²) in [5.41, 5.74) is -0.713. The van der Waals surface area contributed by atoms with Gasteiger partial charge < -0.3 is 15.1 Å². The minimum atomic E-state index is -1.50. The van der Waals surface area contributed by atoms with Gasteiger partial charge in [0.25, 0.3) is 5.91 Å². The Hall–Kier alpha value is -1.43. The molecule has 1 fully saturated rings. The fourth-order valence-corrected chi connectivity index (χ4v) is 2.29. The number of carboxylic acid groups (broad SMARTS) is 1. The average molecular weight is 285 g/mol. The number of likely N-dealkylation sites (tertiary alicyclic amines) is 1. The van der Waals surface area contributed by atoms with E-state index in [9.17, 15) is 19.5 Å². The number of aliphatic hydroxyl groups is 1. The molecule has 0 radical (unpaired) electrons. The maximum absolute atomic E-state index is 12.3. The first-order valence-electron chi connectivity index (χ1n) is 6.97. The van der Waals surface area contributed by atoms with E-state index in [1.54, 1.807) is 13.8 Å². The number of hydrogen-bond donors (Lipinski definition) is 2. The minimum Gasteiger partial charge on any atom is -0.479 e. The molecule has 1 amide bonds. The van der Waals surface area contributed by atoms with Gasteiger partial charge in [0.2, 0.25) is 5.78 Å². The van der Waals surface area contributed by atoms with Gasteiger partial charge in [-0.3, -0.25) is 9.59 Å². The molecule has 0 aliphatic carbocycles. The summed E-state index contributed by atoms with van der Waals surface area (Å²) < 4.78 is 0. The summed E-state index contributed by atoms with van der Waals surface area (Å²) in [5, 5.41) is 18.1. The zero-order valence-corrected chi connectivity index (χ0v) is 12.3. The van der Waals surface area contributed by atoms with E-state index in [1.165, 1.54) is 4.90 Å². The fourth-order valence-electron chi connectivity index (χ4n) is 2.29. The number of aliphatic hydroxyl groups excluding tert-OH is 1. The summed E-state index contributed by atoms with van der Waals surface area (Å²) in [6, 6.07) is -0.370. The normalized spacial score (nSPS) is 20.8. The maximum atomic E-state index is 12.3. The van der Waals surface area contributed by atoms with Gasteiger partial charge in [0.05, 0.1) is 0 Å². The molecule has 1 aliphatic heterocycles. The Kier molecular flexibility index (Phi) is 5.28. The van der Waals surface area contributed by atoms with Crippen molar-refractivity contribution in [2.24, 2.45) is 5.41 Å². The smallest absolute Gasteiger partial charge is 0.332 e. The van der Waals surface area contributed by atoms with Gasteiger partial charge in [-0.2, -0.15) is 0 Å². The zero-order valence-electron chi connectivity index (χ0n) is 12.3. The molecule has 1 aliphatic rings. The van der Waals surface area contributed by atoms with Crippen LogP contribution in [0.2, 0.25) is 0 Å². The quantitative estimate of drug-likeness (QED) is 0.704. The summed E-state index contributed by atoms with van der Waals surface area (Å²) in [6.45, 7) is 5.75.